The molecule has 0 radical (unpaired) electrons. The summed E-state index contributed by atoms with van der Waals surface area (Å²) in [5.41, 5.74) is -0.865. The lowest BCUT2D eigenvalue weighted by molar-refractivity contribution is 0.0604. The van der Waals surface area contributed by atoms with Crippen molar-refractivity contribution in [2.45, 2.75) is 43.8 Å². The van der Waals surface area contributed by atoms with Gasteiger partial charge in [0, 0.05) is 4.88 Å². The Bertz CT molecular complexity index is 380. The Kier molecular flexibility index (Phi) is 3.65. The Balaban J connectivity index is 2.03. The van der Waals surface area contributed by atoms with E-state index >= 15 is 0 Å². The molecule has 1 aromatic heterocycles. The molecule has 1 saturated carbocycles. The van der Waals surface area contributed by atoms with Gasteiger partial charge in [0.05, 0.1) is 0 Å². The van der Waals surface area contributed by atoms with E-state index in [9.17, 15) is 10.2 Å². The van der Waals surface area contributed by atoms with Gasteiger partial charge in [-0.25, -0.2) is 0 Å². The van der Waals surface area contributed by atoms with Gasteiger partial charge in [0.15, 0.2) is 0 Å². The Morgan fingerprint density at radius 3 is 2.69 bits per heavy atom. The van der Waals surface area contributed by atoms with Crippen molar-refractivity contribution in [1.29, 1.82) is 0 Å². The molecule has 0 aromatic carbocycles. The largest absolute Gasteiger partial charge is 0.378 e. The Morgan fingerprint density at radius 1 is 1.31 bits per heavy atom. The van der Waals surface area contributed by atoms with Crippen LogP contribution in [0.3, 0.4) is 0 Å². The highest BCUT2D eigenvalue weighted by Crippen LogP contribution is 2.27. The summed E-state index contributed by atoms with van der Waals surface area (Å²) >= 11 is 1.48. The summed E-state index contributed by atoms with van der Waals surface area (Å²) < 4.78 is 0. The molecule has 0 bridgehead atoms. The highest BCUT2D eigenvalue weighted by Gasteiger charge is 2.26. The maximum absolute atomic E-state index is 10.1. The van der Waals surface area contributed by atoms with Crippen molar-refractivity contribution in [2.75, 3.05) is 0 Å². The fourth-order valence-electron chi connectivity index (χ4n) is 1.98. The topological polar surface area (TPSA) is 40.5 Å². The molecule has 1 aliphatic carbocycles. The molecule has 1 aromatic rings. The van der Waals surface area contributed by atoms with Crippen molar-refractivity contribution in [3.05, 3.63) is 22.4 Å². The fourth-order valence-corrected chi connectivity index (χ4v) is 2.64. The summed E-state index contributed by atoms with van der Waals surface area (Å²) in [4.78, 5) is 0.840. The smallest absolute Gasteiger partial charge is 0.149 e. The van der Waals surface area contributed by atoms with E-state index < -0.39 is 11.7 Å². The predicted octanol–water partition coefficient (Wildman–Crippen LogP) is 2.48. The molecule has 0 saturated heterocycles. The summed E-state index contributed by atoms with van der Waals surface area (Å²) in [7, 11) is 0. The average molecular weight is 236 g/mol. The second-order valence-electron chi connectivity index (χ2n) is 4.28. The first-order valence-electron chi connectivity index (χ1n) is 5.66. The van der Waals surface area contributed by atoms with Gasteiger partial charge < -0.3 is 10.2 Å². The molecule has 2 rings (SSSR count). The number of aliphatic hydroxyl groups is 2. The van der Waals surface area contributed by atoms with Gasteiger partial charge in [-0.3, -0.25) is 0 Å². The summed E-state index contributed by atoms with van der Waals surface area (Å²) in [5.74, 6) is 5.61. The lowest BCUT2D eigenvalue weighted by Crippen LogP contribution is -2.29. The second kappa shape index (κ2) is 5.01. The lowest BCUT2D eigenvalue weighted by atomic mass is 9.85. The van der Waals surface area contributed by atoms with Gasteiger partial charge in [-0.15, -0.1) is 11.3 Å². The minimum Gasteiger partial charge on any atom is -0.378 e. The molecule has 2 nitrogen and oxygen atoms in total. The number of hydrogen-bond acceptors (Lipinski definition) is 3. The van der Waals surface area contributed by atoms with Gasteiger partial charge in [-0.1, -0.05) is 24.3 Å². The van der Waals surface area contributed by atoms with Crippen LogP contribution >= 0.6 is 11.3 Å². The van der Waals surface area contributed by atoms with Crippen LogP contribution < -0.4 is 0 Å². The van der Waals surface area contributed by atoms with Gasteiger partial charge in [0.2, 0.25) is 0 Å². The predicted molar refractivity (Wildman–Crippen MR) is 65.1 cm³/mol. The maximum Gasteiger partial charge on any atom is 0.149 e. The molecule has 2 N–H and O–H groups in total. The monoisotopic (exact) mass is 236 g/mol. The first kappa shape index (κ1) is 11.7. The van der Waals surface area contributed by atoms with Crippen molar-refractivity contribution in [3.8, 4) is 11.8 Å². The van der Waals surface area contributed by atoms with E-state index in [0.29, 0.717) is 0 Å². The molecule has 0 unspecified atom stereocenters. The molecule has 1 fully saturated rings. The van der Waals surface area contributed by atoms with Crippen LogP contribution in [0.15, 0.2) is 17.5 Å². The fraction of sp³-hybridized carbons (Fsp3) is 0.538. The summed E-state index contributed by atoms with van der Waals surface area (Å²) in [6.07, 6.45) is 3.94. The van der Waals surface area contributed by atoms with Crippen LogP contribution in [0.25, 0.3) is 0 Å². The third-order valence-electron chi connectivity index (χ3n) is 2.93. The van der Waals surface area contributed by atoms with Gasteiger partial charge in [-0.05, 0) is 37.1 Å². The molecule has 1 atom stereocenters. The van der Waals surface area contributed by atoms with Crippen LogP contribution in [-0.4, -0.2) is 15.8 Å². The average Bonchev–Trinajstić information content (AvgIpc) is 2.80. The first-order valence-corrected chi connectivity index (χ1v) is 6.54. The molecule has 1 heterocycles. The second-order valence-corrected chi connectivity index (χ2v) is 5.26. The maximum atomic E-state index is 10.1. The third-order valence-corrected chi connectivity index (χ3v) is 3.86. The van der Waals surface area contributed by atoms with Crippen LogP contribution in [0.1, 0.15) is 43.1 Å². The standard InChI is InChI=1S/C13H16O2S/c14-11(12-5-4-10-16-12)6-9-13(15)7-2-1-3-8-13/h4-5,10-11,14-15H,1-3,7-8H2/t11-/m1/s1. The highest BCUT2D eigenvalue weighted by atomic mass is 32.1. The summed E-state index contributed by atoms with van der Waals surface area (Å²) in [6.45, 7) is 0. The SMILES string of the molecule is O[C@H](C#CC1(O)CCCCC1)c1cccs1. The Hall–Kier alpha value is -0.820. The molecule has 3 heteroatoms. The summed E-state index contributed by atoms with van der Waals surface area (Å²) in [5, 5.41) is 21.8. The molecule has 0 aliphatic heterocycles. The molecule has 1 aliphatic rings. The van der Waals surface area contributed by atoms with Crippen molar-refractivity contribution in [2.24, 2.45) is 0 Å². The van der Waals surface area contributed by atoms with E-state index in [0.717, 1.165) is 30.6 Å². The first-order chi connectivity index (χ1) is 7.70. The molecular formula is C13H16O2S. The normalized spacial score (nSPS) is 20.9. The zero-order chi connectivity index (χ0) is 11.4. The van der Waals surface area contributed by atoms with E-state index in [-0.39, 0.29) is 0 Å². The van der Waals surface area contributed by atoms with Crippen LogP contribution in [0.2, 0.25) is 0 Å². The number of thiophene rings is 1. The zero-order valence-corrected chi connectivity index (χ0v) is 9.96. The van der Waals surface area contributed by atoms with Gasteiger partial charge in [0.1, 0.15) is 11.7 Å². The number of hydrogen-bond donors (Lipinski definition) is 2. The van der Waals surface area contributed by atoms with Crippen LogP contribution in [0.5, 0.6) is 0 Å². The minimum atomic E-state index is -0.865. The van der Waals surface area contributed by atoms with E-state index in [4.69, 9.17) is 0 Å². The van der Waals surface area contributed by atoms with Gasteiger partial charge in [-0.2, -0.15) is 0 Å². The highest BCUT2D eigenvalue weighted by molar-refractivity contribution is 7.10. The Labute approximate surface area is 99.9 Å². The Morgan fingerprint density at radius 2 is 2.06 bits per heavy atom. The third kappa shape index (κ3) is 2.85. The van der Waals surface area contributed by atoms with Crippen LogP contribution in [0, 0.1) is 11.8 Å². The van der Waals surface area contributed by atoms with Crippen LogP contribution in [-0.2, 0) is 0 Å². The van der Waals surface area contributed by atoms with Crippen molar-refractivity contribution in [3.63, 3.8) is 0 Å². The van der Waals surface area contributed by atoms with Crippen LogP contribution in [0.4, 0.5) is 0 Å². The minimum absolute atomic E-state index is 0.733. The van der Waals surface area contributed by atoms with Crippen molar-refractivity contribution in [1.82, 2.24) is 0 Å². The van der Waals surface area contributed by atoms with Gasteiger partial charge in [0.25, 0.3) is 0 Å². The lowest BCUT2D eigenvalue weighted by Gasteiger charge is -2.26. The number of rotatable bonds is 1. The van der Waals surface area contributed by atoms with E-state index in [2.05, 4.69) is 11.8 Å². The van der Waals surface area contributed by atoms with E-state index in [1.54, 1.807) is 0 Å². The molecular weight excluding hydrogens is 220 g/mol. The molecule has 86 valence electrons. The molecule has 0 amide bonds. The van der Waals surface area contributed by atoms with E-state index in [1.165, 1.54) is 17.8 Å². The van der Waals surface area contributed by atoms with Crippen molar-refractivity contribution >= 4 is 11.3 Å². The molecule has 0 spiro atoms. The zero-order valence-electron chi connectivity index (χ0n) is 9.15. The number of aliphatic hydroxyl groups excluding tert-OH is 1. The quantitative estimate of drug-likeness (QED) is 0.735. The molecule has 16 heavy (non-hydrogen) atoms. The van der Waals surface area contributed by atoms with Crippen molar-refractivity contribution < 1.29 is 10.2 Å². The van der Waals surface area contributed by atoms with Gasteiger partial charge >= 0.3 is 0 Å². The summed E-state index contributed by atoms with van der Waals surface area (Å²) in [6, 6.07) is 3.75. The van der Waals surface area contributed by atoms with E-state index in [1.807, 2.05) is 17.5 Å².